The lowest BCUT2D eigenvalue weighted by Crippen LogP contribution is -2.35. The number of hydrogen-bond acceptors (Lipinski definition) is 3. The average molecular weight is 413 g/mol. The highest BCUT2D eigenvalue weighted by Gasteiger charge is 2.45. The normalized spacial score (nSPS) is 15.4. The number of carbonyl (C=O) groups excluding carboxylic acids is 1. The largest absolute Gasteiger partial charge is 0.342 e. The van der Waals surface area contributed by atoms with E-state index >= 15 is 0 Å². The van der Waals surface area contributed by atoms with Crippen molar-refractivity contribution in [3.05, 3.63) is 57.8 Å². The molecule has 1 aliphatic carbocycles. The molecule has 4 rings (SSSR count). The second-order valence-electron chi connectivity index (χ2n) is 7.27. The van der Waals surface area contributed by atoms with Gasteiger partial charge in [-0.1, -0.05) is 28.1 Å². The van der Waals surface area contributed by atoms with Crippen LogP contribution in [0.4, 0.5) is 0 Å². The Balaban J connectivity index is 1.70. The molecule has 134 valence electrons. The van der Waals surface area contributed by atoms with Gasteiger partial charge in [0.2, 0.25) is 0 Å². The Morgan fingerprint density at radius 2 is 1.96 bits per heavy atom. The minimum atomic E-state index is -0.255. The van der Waals surface area contributed by atoms with Crippen LogP contribution < -0.4 is 5.32 Å². The van der Waals surface area contributed by atoms with Gasteiger partial charge in [-0.2, -0.15) is 5.10 Å². The molecule has 6 heteroatoms. The van der Waals surface area contributed by atoms with E-state index in [1.54, 1.807) is 6.20 Å². The first-order chi connectivity index (χ1) is 12.4. The third kappa shape index (κ3) is 2.92. The minimum absolute atomic E-state index is 0.0655. The van der Waals surface area contributed by atoms with Crippen molar-refractivity contribution in [2.75, 3.05) is 0 Å². The van der Waals surface area contributed by atoms with Gasteiger partial charge in [0.15, 0.2) is 5.65 Å². The SMILES string of the molecule is Cc1cc(C(=O)NC2(c3ccc(Br)cc3)CC2)c2cnn(C(C)C)c2n1. The fourth-order valence-corrected chi connectivity index (χ4v) is 3.64. The number of hydrogen-bond donors (Lipinski definition) is 1. The van der Waals surface area contributed by atoms with E-state index in [2.05, 4.69) is 57.3 Å². The van der Waals surface area contributed by atoms with Crippen molar-refractivity contribution in [2.24, 2.45) is 0 Å². The number of nitrogens with zero attached hydrogens (tertiary/aromatic N) is 3. The molecule has 1 aliphatic rings. The molecular formula is C20H21BrN4O. The van der Waals surface area contributed by atoms with Crippen molar-refractivity contribution in [1.82, 2.24) is 20.1 Å². The molecule has 0 aliphatic heterocycles. The van der Waals surface area contributed by atoms with E-state index < -0.39 is 0 Å². The molecule has 1 N–H and O–H groups in total. The van der Waals surface area contributed by atoms with E-state index in [-0.39, 0.29) is 17.5 Å². The Bertz CT molecular complexity index is 987. The number of aromatic nitrogens is 3. The predicted molar refractivity (Wildman–Crippen MR) is 105 cm³/mol. The van der Waals surface area contributed by atoms with E-state index in [1.165, 1.54) is 0 Å². The molecule has 2 aromatic heterocycles. The molecule has 3 aromatic rings. The molecule has 0 saturated heterocycles. The Morgan fingerprint density at radius 1 is 1.27 bits per heavy atom. The summed E-state index contributed by atoms with van der Waals surface area (Å²) < 4.78 is 2.90. The number of pyridine rings is 1. The zero-order valence-electron chi connectivity index (χ0n) is 15.1. The molecule has 1 fully saturated rings. The predicted octanol–water partition coefficient (Wildman–Crippen LogP) is 4.50. The first-order valence-electron chi connectivity index (χ1n) is 8.83. The van der Waals surface area contributed by atoms with Gasteiger partial charge >= 0.3 is 0 Å². The maximum atomic E-state index is 13.1. The fraction of sp³-hybridized carbons (Fsp3) is 0.350. The minimum Gasteiger partial charge on any atom is -0.342 e. The summed E-state index contributed by atoms with van der Waals surface area (Å²) in [5.41, 5.74) is 3.11. The van der Waals surface area contributed by atoms with Crippen molar-refractivity contribution in [3.8, 4) is 0 Å². The maximum absolute atomic E-state index is 13.1. The average Bonchev–Trinajstić information content (AvgIpc) is 3.24. The number of benzene rings is 1. The van der Waals surface area contributed by atoms with Gasteiger partial charge in [0, 0.05) is 16.2 Å². The molecule has 1 amide bonds. The monoisotopic (exact) mass is 412 g/mol. The van der Waals surface area contributed by atoms with Gasteiger partial charge in [-0.05, 0) is 57.4 Å². The molecule has 26 heavy (non-hydrogen) atoms. The number of nitrogens with one attached hydrogen (secondary N) is 1. The van der Waals surface area contributed by atoms with Crippen molar-refractivity contribution in [1.29, 1.82) is 0 Å². The van der Waals surface area contributed by atoms with Crippen LogP contribution in [0.1, 0.15) is 54.3 Å². The van der Waals surface area contributed by atoms with Crippen LogP contribution in [-0.2, 0) is 5.54 Å². The fourth-order valence-electron chi connectivity index (χ4n) is 3.37. The highest BCUT2D eigenvalue weighted by molar-refractivity contribution is 9.10. The van der Waals surface area contributed by atoms with E-state index in [1.807, 2.05) is 29.8 Å². The van der Waals surface area contributed by atoms with Gasteiger partial charge < -0.3 is 5.32 Å². The molecule has 5 nitrogen and oxygen atoms in total. The summed E-state index contributed by atoms with van der Waals surface area (Å²) in [6.45, 7) is 6.03. The van der Waals surface area contributed by atoms with E-state index in [0.717, 1.165) is 39.6 Å². The van der Waals surface area contributed by atoms with Crippen LogP contribution in [0, 0.1) is 6.92 Å². The standard InChI is InChI=1S/C20H21BrN4O/c1-12(2)25-18-17(11-22-25)16(10-13(3)23-18)19(26)24-20(8-9-20)14-4-6-15(21)7-5-14/h4-7,10-12H,8-9H2,1-3H3,(H,24,26). The number of halogens is 1. The van der Waals surface area contributed by atoms with Gasteiger partial charge in [-0.25, -0.2) is 9.67 Å². The lowest BCUT2D eigenvalue weighted by atomic mass is 10.0. The molecule has 0 atom stereocenters. The van der Waals surface area contributed by atoms with Gasteiger partial charge in [0.25, 0.3) is 5.91 Å². The van der Waals surface area contributed by atoms with E-state index in [9.17, 15) is 4.79 Å². The van der Waals surface area contributed by atoms with Crippen LogP contribution in [0.2, 0.25) is 0 Å². The molecule has 0 spiro atoms. The van der Waals surface area contributed by atoms with Crippen LogP contribution in [0.15, 0.2) is 41.0 Å². The molecule has 1 aromatic carbocycles. The Kier molecular flexibility index (Phi) is 4.10. The smallest absolute Gasteiger partial charge is 0.252 e. The van der Waals surface area contributed by atoms with E-state index in [0.29, 0.717) is 5.56 Å². The Morgan fingerprint density at radius 3 is 2.58 bits per heavy atom. The molecule has 1 saturated carbocycles. The van der Waals surface area contributed by atoms with Crippen LogP contribution in [0.5, 0.6) is 0 Å². The summed E-state index contributed by atoms with van der Waals surface area (Å²) in [7, 11) is 0. The second kappa shape index (κ2) is 6.20. The summed E-state index contributed by atoms with van der Waals surface area (Å²) in [4.78, 5) is 17.7. The molecule has 0 radical (unpaired) electrons. The summed E-state index contributed by atoms with van der Waals surface area (Å²) in [6.07, 6.45) is 3.66. The molecule has 0 bridgehead atoms. The Hall–Kier alpha value is -2.21. The summed E-state index contributed by atoms with van der Waals surface area (Å²) in [5.74, 6) is -0.0655. The zero-order chi connectivity index (χ0) is 18.5. The lowest BCUT2D eigenvalue weighted by Gasteiger charge is -2.19. The zero-order valence-corrected chi connectivity index (χ0v) is 16.7. The van der Waals surface area contributed by atoms with Crippen LogP contribution >= 0.6 is 15.9 Å². The third-order valence-corrected chi connectivity index (χ3v) is 5.46. The summed E-state index contributed by atoms with van der Waals surface area (Å²) in [5, 5.41) is 8.49. The maximum Gasteiger partial charge on any atom is 0.252 e. The van der Waals surface area contributed by atoms with E-state index in [4.69, 9.17) is 0 Å². The number of carbonyl (C=O) groups is 1. The van der Waals surface area contributed by atoms with Gasteiger partial charge in [-0.3, -0.25) is 4.79 Å². The summed E-state index contributed by atoms with van der Waals surface area (Å²) >= 11 is 3.47. The lowest BCUT2D eigenvalue weighted by molar-refractivity contribution is 0.0932. The highest BCUT2D eigenvalue weighted by atomic mass is 79.9. The number of amides is 1. The van der Waals surface area contributed by atoms with Crippen LogP contribution in [0.25, 0.3) is 11.0 Å². The Labute approximate surface area is 160 Å². The van der Waals surface area contributed by atoms with Crippen LogP contribution in [-0.4, -0.2) is 20.7 Å². The van der Waals surface area contributed by atoms with Gasteiger partial charge in [0.1, 0.15) is 0 Å². The third-order valence-electron chi connectivity index (χ3n) is 4.93. The topological polar surface area (TPSA) is 59.8 Å². The van der Waals surface area contributed by atoms with Crippen molar-refractivity contribution >= 4 is 32.9 Å². The van der Waals surface area contributed by atoms with Crippen molar-refractivity contribution < 1.29 is 4.79 Å². The molecular weight excluding hydrogens is 392 g/mol. The molecule has 2 heterocycles. The van der Waals surface area contributed by atoms with Crippen molar-refractivity contribution in [2.45, 2.75) is 45.2 Å². The first kappa shape index (κ1) is 17.2. The highest BCUT2D eigenvalue weighted by Crippen LogP contribution is 2.46. The van der Waals surface area contributed by atoms with Crippen LogP contribution in [0.3, 0.4) is 0 Å². The second-order valence-corrected chi connectivity index (χ2v) is 8.19. The number of aryl methyl sites for hydroxylation is 1. The molecule has 0 unspecified atom stereocenters. The quantitative estimate of drug-likeness (QED) is 0.685. The van der Waals surface area contributed by atoms with Gasteiger partial charge in [-0.15, -0.1) is 0 Å². The number of fused-ring (bicyclic) bond motifs is 1. The van der Waals surface area contributed by atoms with Gasteiger partial charge in [0.05, 0.1) is 22.7 Å². The number of rotatable bonds is 4. The first-order valence-corrected chi connectivity index (χ1v) is 9.62. The summed E-state index contributed by atoms with van der Waals surface area (Å²) in [6, 6.07) is 10.2. The van der Waals surface area contributed by atoms with Crippen molar-refractivity contribution in [3.63, 3.8) is 0 Å².